The van der Waals surface area contributed by atoms with Crippen molar-refractivity contribution in [2.75, 3.05) is 0 Å². The van der Waals surface area contributed by atoms with Gasteiger partial charge in [-0.2, -0.15) is 0 Å². The van der Waals surface area contributed by atoms with Crippen LogP contribution < -0.4 is 4.74 Å². The molecule has 0 atom stereocenters. The van der Waals surface area contributed by atoms with Gasteiger partial charge >= 0.3 is 0 Å². The van der Waals surface area contributed by atoms with E-state index in [4.69, 9.17) is 9.84 Å². The summed E-state index contributed by atoms with van der Waals surface area (Å²) in [6.07, 6.45) is 0. The van der Waals surface area contributed by atoms with Crippen LogP contribution in [0.4, 0.5) is 0 Å². The molecule has 0 amide bonds. The summed E-state index contributed by atoms with van der Waals surface area (Å²) in [6.45, 7) is 2.72. The van der Waals surface area contributed by atoms with Gasteiger partial charge in [-0.1, -0.05) is 30.3 Å². The molecule has 1 N–H and O–H groups in total. The van der Waals surface area contributed by atoms with E-state index in [9.17, 15) is 0 Å². The van der Waals surface area contributed by atoms with Crippen LogP contribution in [0.1, 0.15) is 16.7 Å². The number of ether oxygens (including phenoxy) is 1. The lowest BCUT2D eigenvalue weighted by molar-refractivity contribution is 0.280. The topological polar surface area (TPSA) is 29.5 Å². The molecule has 3 heteroatoms. The van der Waals surface area contributed by atoms with Gasteiger partial charge in [0, 0.05) is 0 Å². The molecule has 0 aliphatic carbocycles. The molecule has 0 radical (unpaired) electrons. The number of halogens is 1. The van der Waals surface area contributed by atoms with Crippen molar-refractivity contribution in [3.05, 3.63) is 62.7 Å². The number of aliphatic hydroxyl groups is 1. The van der Waals surface area contributed by atoms with Gasteiger partial charge in [-0.3, -0.25) is 0 Å². The van der Waals surface area contributed by atoms with Crippen LogP contribution in [0.2, 0.25) is 0 Å². The SMILES string of the molecule is Cc1ccccc1COc1ccc(CO)cc1I. The lowest BCUT2D eigenvalue weighted by Crippen LogP contribution is -1.99. The van der Waals surface area contributed by atoms with Crippen LogP contribution in [0.5, 0.6) is 5.75 Å². The van der Waals surface area contributed by atoms with E-state index in [0.29, 0.717) is 6.61 Å². The Morgan fingerprint density at radius 1 is 1.17 bits per heavy atom. The molecule has 0 bridgehead atoms. The third kappa shape index (κ3) is 3.23. The molecule has 0 aliphatic heterocycles. The van der Waals surface area contributed by atoms with Crippen LogP contribution in [0, 0.1) is 10.5 Å². The second-order valence-corrected chi connectivity index (χ2v) is 5.30. The van der Waals surface area contributed by atoms with E-state index in [1.165, 1.54) is 11.1 Å². The Bertz CT molecular complexity index is 538. The van der Waals surface area contributed by atoms with E-state index in [1.54, 1.807) is 0 Å². The summed E-state index contributed by atoms with van der Waals surface area (Å²) in [5.74, 6) is 0.857. The smallest absolute Gasteiger partial charge is 0.133 e. The van der Waals surface area contributed by atoms with Crippen LogP contribution in [0.25, 0.3) is 0 Å². The Kier molecular flexibility index (Phi) is 4.60. The first kappa shape index (κ1) is 13.4. The van der Waals surface area contributed by atoms with Crippen molar-refractivity contribution in [3.8, 4) is 5.75 Å². The summed E-state index contributed by atoms with van der Waals surface area (Å²) in [6, 6.07) is 13.9. The third-order valence-corrected chi connectivity index (χ3v) is 3.67. The van der Waals surface area contributed by atoms with E-state index < -0.39 is 0 Å². The molecule has 18 heavy (non-hydrogen) atoms. The van der Waals surface area contributed by atoms with E-state index in [0.717, 1.165) is 14.9 Å². The maximum Gasteiger partial charge on any atom is 0.133 e. The van der Waals surface area contributed by atoms with Crippen molar-refractivity contribution in [2.24, 2.45) is 0 Å². The largest absolute Gasteiger partial charge is 0.488 e. The summed E-state index contributed by atoms with van der Waals surface area (Å²) in [7, 11) is 0. The fourth-order valence-corrected chi connectivity index (χ4v) is 2.42. The number of hydrogen-bond acceptors (Lipinski definition) is 2. The standard InChI is InChI=1S/C15H15IO2/c1-11-4-2-3-5-13(11)10-18-15-7-6-12(9-17)8-14(15)16/h2-8,17H,9-10H2,1H3. The molecule has 2 nitrogen and oxygen atoms in total. The molecule has 0 heterocycles. The van der Waals surface area contributed by atoms with E-state index in [2.05, 4.69) is 41.6 Å². The van der Waals surface area contributed by atoms with E-state index >= 15 is 0 Å². The summed E-state index contributed by atoms with van der Waals surface area (Å²) in [5.41, 5.74) is 3.33. The lowest BCUT2D eigenvalue weighted by Gasteiger charge is -2.10. The first-order valence-electron chi connectivity index (χ1n) is 5.77. The highest BCUT2D eigenvalue weighted by Crippen LogP contribution is 2.23. The second-order valence-electron chi connectivity index (χ2n) is 4.14. The van der Waals surface area contributed by atoms with Crippen molar-refractivity contribution in [1.29, 1.82) is 0 Å². The van der Waals surface area contributed by atoms with Crippen molar-refractivity contribution < 1.29 is 9.84 Å². The molecule has 0 aromatic heterocycles. The predicted molar refractivity (Wildman–Crippen MR) is 80.6 cm³/mol. The van der Waals surface area contributed by atoms with Gasteiger partial charge < -0.3 is 9.84 Å². The van der Waals surface area contributed by atoms with Gasteiger partial charge in [0.15, 0.2) is 0 Å². The number of benzene rings is 2. The van der Waals surface area contributed by atoms with Gasteiger partial charge in [0.2, 0.25) is 0 Å². The van der Waals surface area contributed by atoms with Gasteiger partial charge in [-0.25, -0.2) is 0 Å². The van der Waals surface area contributed by atoms with Gasteiger partial charge in [-0.15, -0.1) is 0 Å². The minimum absolute atomic E-state index is 0.0636. The quantitative estimate of drug-likeness (QED) is 0.849. The third-order valence-electron chi connectivity index (χ3n) is 2.82. The number of aryl methyl sites for hydroxylation is 1. The zero-order valence-corrected chi connectivity index (χ0v) is 12.3. The average Bonchev–Trinajstić information content (AvgIpc) is 2.39. The Labute approximate surface area is 121 Å². The van der Waals surface area contributed by atoms with Gasteiger partial charge in [0.25, 0.3) is 0 Å². The van der Waals surface area contributed by atoms with Crippen LogP contribution in [0.15, 0.2) is 42.5 Å². The predicted octanol–water partition coefficient (Wildman–Crippen LogP) is 3.67. The van der Waals surface area contributed by atoms with E-state index in [1.807, 2.05) is 30.3 Å². The average molecular weight is 354 g/mol. The molecule has 0 saturated carbocycles. The van der Waals surface area contributed by atoms with Crippen molar-refractivity contribution in [1.82, 2.24) is 0 Å². The zero-order chi connectivity index (χ0) is 13.0. The van der Waals surface area contributed by atoms with Crippen molar-refractivity contribution in [2.45, 2.75) is 20.1 Å². The first-order valence-corrected chi connectivity index (χ1v) is 6.85. The maximum absolute atomic E-state index is 9.05. The fraction of sp³-hybridized carbons (Fsp3) is 0.200. The molecule has 0 spiro atoms. The number of hydrogen-bond donors (Lipinski definition) is 1. The fourth-order valence-electron chi connectivity index (χ4n) is 1.69. The molecule has 94 valence electrons. The Hall–Kier alpha value is -1.07. The highest BCUT2D eigenvalue weighted by Gasteiger charge is 2.04. The zero-order valence-electron chi connectivity index (χ0n) is 10.2. The first-order chi connectivity index (χ1) is 8.70. The van der Waals surface area contributed by atoms with Gasteiger partial charge in [0.05, 0.1) is 10.2 Å². The molecule has 2 rings (SSSR count). The molecule has 0 saturated heterocycles. The van der Waals surface area contributed by atoms with Gasteiger partial charge in [0.1, 0.15) is 12.4 Å². The maximum atomic E-state index is 9.05. The second kappa shape index (κ2) is 6.20. The van der Waals surface area contributed by atoms with E-state index in [-0.39, 0.29) is 6.61 Å². The van der Waals surface area contributed by atoms with Crippen molar-refractivity contribution in [3.63, 3.8) is 0 Å². The normalized spacial score (nSPS) is 10.4. The summed E-state index contributed by atoms with van der Waals surface area (Å²) >= 11 is 2.22. The molecule has 2 aromatic carbocycles. The Morgan fingerprint density at radius 3 is 2.61 bits per heavy atom. The molecule has 2 aromatic rings. The summed E-state index contributed by atoms with van der Waals surface area (Å²) in [4.78, 5) is 0. The molecule has 0 aliphatic rings. The molecular formula is C15H15IO2. The summed E-state index contributed by atoms with van der Waals surface area (Å²) in [5, 5.41) is 9.05. The molecule has 0 fully saturated rings. The van der Waals surface area contributed by atoms with Crippen molar-refractivity contribution >= 4 is 22.6 Å². The minimum atomic E-state index is 0.0636. The minimum Gasteiger partial charge on any atom is -0.488 e. The highest BCUT2D eigenvalue weighted by atomic mass is 127. The molecular weight excluding hydrogens is 339 g/mol. The lowest BCUT2D eigenvalue weighted by atomic mass is 10.1. The number of rotatable bonds is 4. The van der Waals surface area contributed by atoms with Crippen LogP contribution >= 0.6 is 22.6 Å². The molecule has 0 unspecified atom stereocenters. The Balaban J connectivity index is 2.09. The highest BCUT2D eigenvalue weighted by molar-refractivity contribution is 14.1. The van der Waals surface area contributed by atoms with Gasteiger partial charge in [-0.05, 0) is 58.3 Å². The summed E-state index contributed by atoms with van der Waals surface area (Å²) < 4.78 is 6.84. The van der Waals surface area contributed by atoms with Crippen LogP contribution in [0.3, 0.4) is 0 Å². The number of aliphatic hydroxyl groups excluding tert-OH is 1. The monoisotopic (exact) mass is 354 g/mol. The van der Waals surface area contributed by atoms with Crippen LogP contribution in [-0.2, 0) is 13.2 Å². The Morgan fingerprint density at radius 2 is 1.94 bits per heavy atom. The van der Waals surface area contributed by atoms with Crippen LogP contribution in [-0.4, -0.2) is 5.11 Å².